The van der Waals surface area contributed by atoms with Crippen molar-refractivity contribution in [1.29, 1.82) is 0 Å². The molecule has 0 radical (unpaired) electrons. The fourth-order valence-electron chi connectivity index (χ4n) is 3.50. The van der Waals surface area contributed by atoms with Gasteiger partial charge in [-0.1, -0.05) is 16.8 Å². The number of nitrogens with two attached hydrogens (primary N) is 1. The maximum Gasteiger partial charge on any atom is 0.335 e. The Bertz CT molecular complexity index is 900. The predicted octanol–water partition coefficient (Wildman–Crippen LogP) is 0.148. The maximum absolute atomic E-state index is 5.90. The Balaban J connectivity index is 2.17. The molecule has 3 aliphatic rings. The lowest BCUT2D eigenvalue weighted by molar-refractivity contribution is -0.962. The average Bonchev–Trinajstić information content (AvgIpc) is 2.96. The molecule has 3 N–H and O–H groups in total. The van der Waals surface area contributed by atoms with Crippen LogP contribution in [0.1, 0.15) is 12.8 Å². The molecule has 0 amide bonds. The Morgan fingerprint density at radius 1 is 1.35 bits per heavy atom. The molecule has 3 heterocycles. The van der Waals surface area contributed by atoms with Crippen molar-refractivity contribution in [2.75, 3.05) is 19.6 Å². The summed E-state index contributed by atoms with van der Waals surface area (Å²) in [6, 6.07) is 0. The lowest BCUT2D eigenvalue weighted by atomic mass is 9.91. The van der Waals surface area contributed by atoms with Crippen LogP contribution in [0.2, 0.25) is 0 Å². The third kappa shape index (κ3) is 1.75. The van der Waals surface area contributed by atoms with E-state index in [0.29, 0.717) is 11.7 Å². The Hall–Kier alpha value is -2.48. The quantitative estimate of drug-likeness (QED) is 0.470. The third-order valence-corrected chi connectivity index (χ3v) is 4.49. The number of quaternary nitrogens is 1. The predicted molar refractivity (Wildman–Crippen MR) is 84.7 cm³/mol. The van der Waals surface area contributed by atoms with Crippen molar-refractivity contribution in [3.05, 3.63) is 51.9 Å². The molecule has 23 heavy (non-hydrogen) atoms. The number of ether oxygens (including phenoxy) is 1. The van der Waals surface area contributed by atoms with E-state index in [9.17, 15) is 0 Å². The number of hydrazine groups is 1. The first-order valence-electron chi connectivity index (χ1n) is 7.42. The molecule has 2 aliphatic heterocycles. The first kappa shape index (κ1) is 14.1. The van der Waals surface area contributed by atoms with E-state index in [0.717, 1.165) is 34.5 Å². The topological polar surface area (TPSA) is 82.3 Å². The van der Waals surface area contributed by atoms with Crippen molar-refractivity contribution in [1.82, 2.24) is 10.2 Å². The smallest absolute Gasteiger partial charge is 0.335 e. The van der Waals surface area contributed by atoms with Crippen molar-refractivity contribution >= 4 is 17.7 Å². The van der Waals surface area contributed by atoms with E-state index in [1.807, 2.05) is 6.20 Å². The fraction of sp³-hybridized carbons (Fsp3) is 0.250. The van der Waals surface area contributed by atoms with Crippen molar-refractivity contribution in [2.45, 2.75) is 12.8 Å². The van der Waals surface area contributed by atoms with Crippen LogP contribution in [0, 0.1) is 0 Å². The Kier molecular flexibility index (Phi) is 3.08. The monoisotopic (exact) mass is 312 g/mol. The number of nitrogens with one attached hydrogen (secondary N) is 1. The van der Waals surface area contributed by atoms with Gasteiger partial charge in [-0.25, -0.2) is 5.84 Å². The fourth-order valence-corrected chi connectivity index (χ4v) is 3.50. The highest BCUT2D eigenvalue weighted by molar-refractivity contribution is 5.74. The lowest BCUT2D eigenvalue weighted by Gasteiger charge is -2.34. The van der Waals surface area contributed by atoms with Gasteiger partial charge in [-0.2, -0.15) is 9.94 Å². The van der Waals surface area contributed by atoms with Gasteiger partial charge in [-0.15, -0.1) is 5.10 Å². The highest BCUT2D eigenvalue weighted by Gasteiger charge is 2.49. The van der Waals surface area contributed by atoms with E-state index in [1.165, 1.54) is 5.57 Å². The van der Waals surface area contributed by atoms with Gasteiger partial charge < -0.3 is 10.2 Å². The largest absolute Gasteiger partial charge is 0.452 e. The van der Waals surface area contributed by atoms with Crippen molar-refractivity contribution in [3.8, 4) is 0 Å². The maximum atomic E-state index is 5.90. The van der Waals surface area contributed by atoms with Crippen LogP contribution in [-0.2, 0) is 9.57 Å². The highest BCUT2D eigenvalue weighted by atomic mass is 16.7. The number of aromatic nitrogens is 2. The van der Waals surface area contributed by atoms with Crippen LogP contribution < -0.4 is 21.7 Å². The third-order valence-electron chi connectivity index (χ3n) is 4.49. The number of fused-ring (bicyclic) bond motifs is 3. The van der Waals surface area contributed by atoms with Crippen LogP contribution in [0.4, 0.5) is 5.82 Å². The van der Waals surface area contributed by atoms with Crippen LogP contribution in [0.25, 0.3) is 11.9 Å². The minimum Gasteiger partial charge on any atom is -0.452 e. The van der Waals surface area contributed by atoms with Gasteiger partial charge in [0.25, 0.3) is 0 Å². The molecule has 0 bridgehead atoms. The van der Waals surface area contributed by atoms with Gasteiger partial charge >= 0.3 is 5.88 Å². The molecule has 118 valence electrons. The SMILES string of the molecule is COC1=CC2=C(C=CCC2)C2=c3c(NN)nncc3=C[N+]12OC. The molecule has 0 saturated carbocycles. The molecule has 0 fully saturated rings. The lowest BCUT2D eigenvalue weighted by Crippen LogP contribution is -2.42. The molecule has 1 unspecified atom stereocenters. The van der Waals surface area contributed by atoms with Gasteiger partial charge in [-0.3, -0.25) is 0 Å². The van der Waals surface area contributed by atoms with Crippen molar-refractivity contribution in [3.63, 3.8) is 0 Å². The summed E-state index contributed by atoms with van der Waals surface area (Å²) in [4.78, 5) is 5.90. The zero-order chi connectivity index (χ0) is 16.0. The number of allylic oxidation sites excluding steroid dienone is 3. The van der Waals surface area contributed by atoms with Gasteiger partial charge in [0.05, 0.1) is 25.6 Å². The van der Waals surface area contributed by atoms with E-state index < -0.39 is 0 Å². The minimum absolute atomic E-state index is 0.0388. The standard InChI is InChI=1S/C16H18N5O2/c1-22-13-7-10-5-3-4-6-12(10)15-14-11(9-21(13,15)23-2)8-18-20-16(14)19-17/h4,6-9H,3,5,17H2,1-2H3,(H,19,20)/q+1. The zero-order valence-electron chi connectivity index (χ0n) is 13.0. The summed E-state index contributed by atoms with van der Waals surface area (Å²) in [7, 11) is 3.31. The van der Waals surface area contributed by atoms with Crippen molar-refractivity contribution in [2.24, 2.45) is 5.84 Å². The molecule has 1 aliphatic carbocycles. The van der Waals surface area contributed by atoms with Gasteiger partial charge in [0.1, 0.15) is 5.22 Å². The molecule has 1 aromatic heterocycles. The molecular weight excluding hydrogens is 294 g/mol. The first-order chi connectivity index (χ1) is 11.2. The number of methoxy groups -OCH3 is 1. The van der Waals surface area contributed by atoms with Gasteiger partial charge in [0, 0.05) is 11.6 Å². The van der Waals surface area contributed by atoms with Crippen LogP contribution in [0.5, 0.6) is 0 Å². The number of nitrogen functional groups attached to an aromatic ring is 1. The van der Waals surface area contributed by atoms with Crippen LogP contribution in [0.3, 0.4) is 0 Å². The molecule has 7 nitrogen and oxygen atoms in total. The second kappa shape index (κ2) is 5.02. The van der Waals surface area contributed by atoms with Gasteiger partial charge in [0.2, 0.25) is 0 Å². The summed E-state index contributed by atoms with van der Waals surface area (Å²) in [6.07, 6.45) is 12.0. The van der Waals surface area contributed by atoms with E-state index in [1.54, 1.807) is 20.4 Å². The summed E-state index contributed by atoms with van der Waals surface area (Å²) in [6.45, 7) is 0. The van der Waals surface area contributed by atoms with Gasteiger partial charge in [-0.05, 0) is 18.4 Å². The second-order valence-electron chi connectivity index (χ2n) is 5.55. The number of hydrogen-bond acceptors (Lipinski definition) is 6. The van der Waals surface area contributed by atoms with Crippen molar-refractivity contribution < 1.29 is 14.2 Å². The second-order valence-corrected chi connectivity index (χ2v) is 5.55. The molecule has 1 aromatic rings. The summed E-state index contributed by atoms with van der Waals surface area (Å²) >= 11 is 0. The van der Waals surface area contributed by atoms with E-state index >= 15 is 0 Å². The first-order valence-corrected chi connectivity index (χ1v) is 7.42. The van der Waals surface area contributed by atoms with Crippen LogP contribution in [-0.4, -0.2) is 29.1 Å². The number of hydrogen-bond donors (Lipinski definition) is 2. The highest BCUT2D eigenvalue weighted by Crippen LogP contribution is 2.43. The average molecular weight is 312 g/mol. The van der Waals surface area contributed by atoms with E-state index in [2.05, 4.69) is 33.9 Å². The molecule has 1 atom stereocenters. The minimum atomic E-state index is 0.0388. The molecular formula is C16H18N5O2+. The number of nitrogens with zero attached hydrogens (tertiary/aromatic N) is 3. The molecule has 4 rings (SSSR count). The normalized spacial score (nSPS) is 24.5. The van der Waals surface area contributed by atoms with Crippen LogP contribution in [0.15, 0.2) is 41.5 Å². The Labute approximate surface area is 133 Å². The Morgan fingerprint density at radius 3 is 2.96 bits per heavy atom. The Morgan fingerprint density at radius 2 is 2.22 bits per heavy atom. The number of rotatable bonds is 3. The summed E-state index contributed by atoms with van der Waals surface area (Å²) in [5, 5.41) is 9.92. The summed E-state index contributed by atoms with van der Waals surface area (Å²) < 4.78 is 5.70. The number of anilines is 1. The van der Waals surface area contributed by atoms with Crippen LogP contribution >= 0.6 is 0 Å². The van der Waals surface area contributed by atoms with E-state index in [4.69, 9.17) is 15.4 Å². The number of hydroxylamine groups is 3. The summed E-state index contributed by atoms with van der Waals surface area (Å²) in [5.74, 6) is 6.88. The van der Waals surface area contributed by atoms with E-state index in [-0.39, 0.29) is 4.65 Å². The molecule has 7 heteroatoms. The summed E-state index contributed by atoms with van der Waals surface area (Å²) in [5.41, 5.74) is 5.95. The van der Waals surface area contributed by atoms with Gasteiger partial charge in [0.15, 0.2) is 17.7 Å². The molecule has 0 spiro atoms. The molecule has 0 saturated heterocycles. The zero-order valence-corrected chi connectivity index (χ0v) is 13.0. The molecule has 0 aromatic carbocycles.